The second kappa shape index (κ2) is 7.26. The third-order valence-electron chi connectivity index (χ3n) is 3.35. The van der Waals surface area contributed by atoms with Crippen LogP contribution in [0.25, 0.3) is 0 Å². The predicted molar refractivity (Wildman–Crippen MR) is 77.7 cm³/mol. The first kappa shape index (κ1) is 14.8. The second-order valence-electron chi connectivity index (χ2n) is 5.04. The summed E-state index contributed by atoms with van der Waals surface area (Å²) in [5.41, 5.74) is 7.86. The largest absolute Gasteiger partial charge is 0.399 e. The summed E-state index contributed by atoms with van der Waals surface area (Å²) in [6.45, 7) is 4.62. The van der Waals surface area contributed by atoms with Crippen LogP contribution < -0.4 is 11.1 Å². The molecule has 0 saturated carbocycles. The highest BCUT2D eigenvalue weighted by atomic mass is 16.5. The van der Waals surface area contributed by atoms with Crippen LogP contribution in [0.1, 0.15) is 28.8 Å². The van der Waals surface area contributed by atoms with Crippen molar-refractivity contribution in [1.82, 2.24) is 5.32 Å². The van der Waals surface area contributed by atoms with Crippen molar-refractivity contribution in [2.24, 2.45) is 0 Å². The molecule has 0 spiro atoms. The minimum Gasteiger partial charge on any atom is -0.399 e. The van der Waals surface area contributed by atoms with E-state index in [2.05, 4.69) is 5.32 Å². The van der Waals surface area contributed by atoms with Crippen molar-refractivity contribution in [2.75, 3.05) is 32.1 Å². The van der Waals surface area contributed by atoms with E-state index in [1.165, 1.54) is 0 Å². The number of anilines is 1. The monoisotopic (exact) mass is 278 g/mol. The molecule has 1 amide bonds. The van der Waals surface area contributed by atoms with E-state index < -0.39 is 0 Å². The zero-order valence-electron chi connectivity index (χ0n) is 11.9. The quantitative estimate of drug-likeness (QED) is 0.611. The Hall–Kier alpha value is -1.59. The molecule has 1 atom stereocenters. The molecule has 5 heteroatoms. The fourth-order valence-corrected chi connectivity index (χ4v) is 2.15. The third kappa shape index (κ3) is 4.21. The molecular weight excluding hydrogens is 256 g/mol. The Kier molecular flexibility index (Phi) is 5.38. The van der Waals surface area contributed by atoms with Crippen LogP contribution in [0.15, 0.2) is 18.2 Å². The van der Waals surface area contributed by atoms with Crippen LogP contribution >= 0.6 is 0 Å². The zero-order chi connectivity index (χ0) is 14.4. The van der Waals surface area contributed by atoms with Crippen molar-refractivity contribution in [3.8, 4) is 0 Å². The van der Waals surface area contributed by atoms with Gasteiger partial charge in [0.15, 0.2) is 0 Å². The van der Waals surface area contributed by atoms with Gasteiger partial charge in [0.2, 0.25) is 0 Å². The lowest BCUT2D eigenvalue weighted by Gasteiger charge is -2.11. The molecule has 1 aromatic carbocycles. The summed E-state index contributed by atoms with van der Waals surface area (Å²) in [7, 11) is 0. The zero-order valence-corrected chi connectivity index (χ0v) is 11.9. The van der Waals surface area contributed by atoms with Gasteiger partial charge in [-0.15, -0.1) is 0 Å². The Morgan fingerprint density at radius 2 is 2.40 bits per heavy atom. The Labute approximate surface area is 119 Å². The van der Waals surface area contributed by atoms with Gasteiger partial charge < -0.3 is 20.5 Å². The lowest BCUT2D eigenvalue weighted by atomic mass is 10.1. The topological polar surface area (TPSA) is 73.6 Å². The number of aryl methyl sites for hydroxylation is 1. The van der Waals surface area contributed by atoms with E-state index in [4.69, 9.17) is 15.2 Å². The Balaban J connectivity index is 1.68. The summed E-state index contributed by atoms with van der Waals surface area (Å²) in [6.07, 6.45) is 1.99. The van der Waals surface area contributed by atoms with Crippen LogP contribution in [0.4, 0.5) is 5.69 Å². The Morgan fingerprint density at radius 1 is 1.55 bits per heavy atom. The Morgan fingerprint density at radius 3 is 3.15 bits per heavy atom. The van der Waals surface area contributed by atoms with E-state index in [9.17, 15) is 4.79 Å². The van der Waals surface area contributed by atoms with Gasteiger partial charge in [-0.25, -0.2) is 0 Å². The van der Waals surface area contributed by atoms with Gasteiger partial charge in [-0.05, 0) is 37.5 Å². The molecule has 0 aromatic heterocycles. The second-order valence-corrected chi connectivity index (χ2v) is 5.04. The number of hydrogen-bond donors (Lipinski definition) is 2. The summed E-state index contributed by atoms with van der Waals surface area (Å²) < 4.78 is 10.9. The fourth-order valence-electron chi connectivity index (χ4n) is 2.15. The third-order valence-corrected chi connectivity index (χ3v) is 3.35. The molecule has 0 aliphatic carbocycles. The van der Waals surface area contributed by atoms with E-state index in [0.717, 1.165) is 25.0 Å². The summed E-state index contributed by atoms with van der Waals surface area (Å²) in [4.78, 5) is 12.0. The van der Waals surface area contributed by atoms with Crippen LogP contribution in [0, 0.1) is 6.92 Å². The van der Waals surface area contributed by atoms with Gasteiger partial charge in [0, 0.05) is 31.0 Å². The SMILES string of the molecule is Cc1ccc(N)cc1C(=O)NCCCOC1CCOC1. The van der Waals surface area contributed by atoms with Gasteiger partial charge in [-0.3, -0.25) is 4.79 Å². The number of nitrogen functional groups attached to an aromatic ring is 1. The number of hydrogen-bond acceptors (Lipinski definition) is 4. The molecule has 1 aliphatic heterocycles. The lowest BCUT2D eigenvalue weighted by molar-refractivity contribution is 0.0415. The van der Waals surface area contributed by atoms with Gasteiger partial charge in [0.25, 0.3) is 5.91 Å². The number of nitrogens with two attached hydrogens (primary N) is 1. The average Bonchev–Trinajstić information content (AvgIpc) is 2.94. The van der Waals surface area contributed by atoms with E-state index in [1.54, 1.807) is 12.1 Å². The molecule has 1 fully saturated rings. The van der Waals surface area contributed by atoms with Crippen LogP contribution in [0.5, 0.6) is 0 Å². The van der Waals surface area contributed by atoms with Crippen LogP contribution in [0.2, 0.25) is 0 Å². The highest BCUT2D eigenvalue weighted by Crippen LogP contribution is 2.12. The number of benzene rings is 1. The maximum atomic E-state index is 12.0. The molecule has 1 aliphatic rings. The smallest absolute Gasteiger partial charge is 0.251 e. The van der Waals surface area contributed by atoms with Crippen LogP contribution in [-0.2, 0) is 9.47 Å². The molecule has 110 valence electrons. The molecule has 2 rings (SSSR count). The van der Waals surface area contributed by atoms with Gasteiger partial charge >= 0.3 is 0 Å². The van der Waals surface area contributed by atoms with Gasteiger partial charge in [-0.2, -0.15) is 0 Å². The molecule has 0 radical (unpaired) electrons. The minimum absolute atomic E-state index is 0.0843. The fraction of sp³-hybridized carbons (Fsp3) is 0.533. The van der Waals surface area contributed by atoms with Gasteiger partial charge in [0.05, 0.1) is 12.7 Å². The average molecular weight is 278 g/mol. The number of ether oxygens (including phenoxy) is 2. The number of carbonyl (C=O) groups excluding carboxylic acids is 1. The maximum absolute atomic E-state index is 12.0. The normalized spacial score (nSPS) is 18.1. The van der Waals surface area contributed by atoms with Crippen molar-refractivity contribution in [1.29, 1.82) is 0 Å². The van der Waals surface area contributed by atoms with E-state index in [0.29, 0.717) is 31.0 Å². The first-order valence-corrected chi connectivity index (χ1v) is 7.00. The van der Waals surface area contributed by atoms with Gasteiger partial charge in [-0.1, -0.05) is 6.07 Å². The molecule has 0 bridgehead atoms. The van der Waals surface area contributed by atoms with Crippen molar-refractivity contribution < 1.29 is 14.3 Å². The molecule has 1 unspecified atom stereocenters. The van der Waals surface area contributed by atoms with Crippen LogP contribution in [0.3, 0.4) is 0 Å². The molecule has 1 saturated heterocycles. The predicted octanol–water partition coefficient (Wildman–Crippen LogP) is 1.50. The van der Waals surface area contributed by atoms with Crippen molar-refractivity contribution >= 4 is 11.6 Å². The van der Waals surface area contributed by atoms with Crippen molar-refractivity contribution in [3.63, 3.8) is 0 Å². The standard InChI is InChI=1S/C15H22N2O3/c1-11-3-4-12(16)9-14(11)15(18)17-6-2-7-20-13-5-8-19-10-13/h3-4,9,13H,2,5-8,10,16H2,1H3,(H,17,18). The molecule has 5 nitrogen and oxygen atoms in total. The lowest BCUT2D eigenvalue weighted by Crippen LogP contribution is -2.26. The van der Waals surface area contributed by atoms with Crippen molar-refractivity contribution in [2.45, 2.75) is 25.9 Å². The summed E-state index contributed by atoms with van der Waals surface area (Å²) >= 11 is 0. The van der Waals surface area contributed by atoms with Crippen molar-refractivity contribution in [3.05, 3.63) is 29.3 Å². The first-order chi connectivity index (χ1) is 9.66. The number of nitrogens with one attached hydrogen (secondary N) is 1. The molecule has 20 heavy (non-hydrogen) atoms. The highest BCUT2D eigenvalue weighted by molar-refractivity contribution is 5.96. The molecule has 3 N–H and O–H groups in total. The number of rotatable bonds is 6. The molecule has 1 aromatic rings. The summed E-state index contributed by atoms with van der Waals surface area (Å²) in [6, 6.07) is 5.36. The summed E-state index contributed by atoms with van der Waals surface area (Å²) in [5, 5.41) is 2.89. The number of amides is 1. The molecular formula is C15H22N2O3. The first-order valence-electron chi connectivity index (χ1n) is 7.00. The summed E-state index contributed by atoms with van der Waals surface area (Å²) in [5.74, 6) is -0.0843. The van der Waals surface area contributed by atoms with Crippen LogP contribution in [-0.4, -0.2) is 38.4 Å². The molecule has 1 heterocycles. The highest BCUT2D eigenvalue weighted by Gasteiger charge is 2.15. The Bertz CT molecular complexity index is 456. The maximum Gasteiger partial charge on any atom is 0.251 e. The minimum atomic E-state index is -0.0843. The van der Waals surface area contributed by atoms with E-state index in [1.807, 2.05) is 13.0 Å². The number of carbonyl (C=O) groups is 1. The van der Waals surface area contributed by atoms with E-state index >= 15 is 0 Å². The van der Waals surface area contributed by atoms with Gasteiger partial charge in [0.1, 0.15) is 0 Å². The van der Waals surface area contributed by atoms with E-state index in [-0.39, 0.29) is 12.0 Å².